The van der Waals surface area contributed by atoms with Crippen molar-refractivity contribution >= 4 is 21.7 Å². The lowest BCUT2D eigenvalue weighted by Gasteiger charge is -2.22. The molecule has 0 aliphatic rings. The Hall–Kier alpha value is -0.720. The van der Waals surface area contributed by atoms with Crippen LogP contribution in [0.5, 0.6) is 0 Å². The summed E-state index contributed by atoms with van der Waals surface area (Å²) in [7, 11) is 0. The van der Waals surface area contributed by atoms with Crippen LogP contribution < -0.4 is 4.90 Å². The molecular weight excluding hydrogens is 286 g/mol. The number of aryl methyl sites for hydroxylation is 1. The van der Waals surface area contributed by atoms with Gasteiger partial charge in [0.2, 0.25) is 0 Å². The van der Waals surface area contributed by atoms with Crippen molar-refractivity contribution in [3.05, 3.63) is 16.5 Å². The smallest absolute Gasteiger partial charge is 0.133 e. The SMILES string of the molecule is CCCc1nc(Br)cc(N(CCO)CCO)n1. The van der Waals surface area contributed by atoms with E-state index in [2.05, 4.69) is 32.8 Å². The van der Waals surface area contributed by atoms with E-state index in [4.69, 9.17) is 10.2 Å². The van der Waals surface area contributed by atoms with Gasteiger partial charge in [0, 0.05) is 25.6 Å². The number of aromatic nitrogens is 2. The predicted octanol–water partition coefficient (Wildman–Crippen LogP) is 0.983. The molecule has 0 spiro atoms. The standard InChI is InChI=1S/C11H18BrN3O2/c1-2-3-10-13-9(12)8-11(14-10)15(4-6-16)5-7-17/h8,16-17H,2-7H2,1H3. The van der Waals surface area contributed by atoms with Gasteiger partial charge in [0.05, 0.1) is 13.2 Å². The molecule has 2 N–H and O–H groups in total. The highest BCUT2D eigenvalue weighted by atomic mass is 79.9. The van der Waals surface area contributed by atoms with Crippen LogP contribution in [0.3, 0.4) is 0 Å². The second-order valence-electron chi connectivity index (χ2n) is 3.65. The van der Waals surface area contributed by atoms with E-state index < -0.39 is 0 Å². The summed E-state index contributed by atoms with van der Waals surface area (Å²) in [5.74, 6) is 1.51. The summed E-state index contributed by atoms with van der Waals surface area (Å²) in [4.78, 5) is 10.5. The number of halogens is 1. The molecule has 1 aromatic rings. The van der Waals surface area contributed by atoms with Crippen LogP contribution >= 0.6 is 15.9 Å². The third-order valence-corrected chi connectivity index (χ3v) is 2.67. The zero-order valence-corrected chi connectivity index (χ0v) is 11.5. The monoisotopic (exact) mass is 303 g/mol. The number of hydrogen-bond donors (Lipinski definition) is 2. The molecule has 5 nitrogen and oxygen atoms in total. The number of hydrogen-bond acceptors (Lipinski definition) is 5. The van der Waals surface area contributed by atoms with E-state index in [1.807, 2.05) is 4.90 Å². The van der Waals surface area contributed by atoms with Crippen molar-refractivity contribution in [3.63, 3.8) is 0 Å². The Balaban J connectivity index is 2.92. The molecule has 0 aromatic carbocycles. The van der Waals surface area contributed by atoms with E-state index in [0.29, 0.717) is 13.1 Å². The summed E-state index contributed by atoms with van der Waals surface area (Å²) in [5.41, 5.74) is 0. The first-order valence-electron chi connectivity index (χ1n) is 5.71. The van der Waals surface area contributed by atoms with Gasteiger partial charge in [-0.25, -0.2) is 9.97 Å². The van der Waals surface area contributed by atoms with Crippen LogP contribution in [0.1, 0.15) is 19.2 Å². The van der Waals surface area contributed by atoms with Gasteiger partial charge in [-0.3, -0.25) is 0 Å². The molecule has 1 aromatic heterocycles. The van der Waals surface area contributed by atoms with Gasteiger partial charge in [-0.1, -0.05) is 6.92 Å². The molecule has 1 rings (SSSR count). The first kappa shape index (κ1) is 14.3. The fourth-order valence-electron chi connectivity index (χ4n) is 1.53. The summed E-state index contributed by atoms with van der Waals surface area (Å²) >= 11 is 3.35. The van der Waals surface area contributed by atoms with Gasteiger partial charge in [-0.15, -0.1) is 0 Å². The Labute approximate surface area is 110 Å². The van der Waals surface area contributed by atoms with Gasteiger partial charge >= 0.3 is 0 Å². The van der Waals surface area contributed by atoms with Crippen LogP contribution in [-0.4, -0.2) is 46.5 Å². The molecule has 0 aliphatic carbocycles. The lowest BCUT2D eigenvalue weighted by atomic mass is 10.3. The molecule has 6 heteroatoms. The van der Waals surface area contributed by atoms with E-state index in [1.165, 1.54) is 0 Å². The molecular formula is C11H18BrN3O2. The Bertz CT molecular complexity index is 343. The average molecular weight is 304 g/mol. The van der Waals surface area contributed by atoms with Crippen molar-refractivity contribution < 1.29 is 10.2 Å². The molecule has 0 saturated carbocycles. The minimum Gasteiger partial charge on any atom is -0.395 e. The Morgan fingerprint density at radius 3 is 2.41 bits per heavy atom. The molecule has 0 atom stereocenters. The van der Waals surface area contributed by atoms with Crippen LogP contribution in [0.2, 0.25) is 0 Å². The van der Waals surface area contributed by atoms with E-state index in [1.54, 1.807) is 6.07 Å². The second kappa shape index (κ2) is 7.58. The predicted molar refractivity (Wildman–Crippen MR) is 70.1 cm³/mol. The lowest BCUT2D eigenvalue weighted by Crippen LogP contribution is -2.30. The molecule has 0 radical (unpaired) electrons. The maximum Gasteiger partial charge on any atom is 0.133 e. The molecule has 1 heterocycles. The van der Waals surface area contributed by atoms with Gasteiger partial charge in [-0.05, 0) is 22.4 Å². The number of aliphatic hydroxyl groups is 2. The number of anilines is 1. The van der Waals surface area contributed by atoms with Crippen molar-refractivity contribution in [2.75, 3.05) is 31.2 Å². The highest BCUT2D eigenvalue weighted by Gasteiger charge is 2.10. The van der Waals surface area contributed by atoms with Gasteiger partial charge in [-0.2, -0.15) is 0 Å². The number of rotatable bonds is 7. The van der Waals surface area contributed by atoms with Crippen molar-refractivity contribution in [2.24, 2.45) is 0 Å². The fraction of sp³-hybridized carbons (Fsp3) is 0.636. The molecule has 0 fully saturated rings. The van der Waals surface area contributed by atoms with Crippen LogP contribution in [0, 0.1) is 0 Å². The van der Waals surface area contributed by atoms with E-state index in [9.17, 15) is 0 Å². The van der Waals surface area contributed by atoms with E-state index in [0.717, 1.165) is 29.1 Å². The third kappa shape index (κ3) is 4.57. The lowest BCUT2D eigenvalue weighted by molar-refractivity contribution is 0.280. The molecule has 17 heavy (non-hydrogen) atoms. The molecule has 0 saturated heterocycles. The molecule has 0 bridgehead atoms. The number of nitrogens with zero attached hydrogens (tertiary/aromatic N) is 3. The van der Waals surface area contributed by atoms with Gasteiger partial charge in [0.25, 0.3) is 0 Å². The van der Waals surface area contributed by atoms with Crippen molar-refractivity contribution in [2.45, 2.75) is 19.8 Å². The first-order valence-corrected chi connectivity index (χ1v) is 6.50. The second-order valence-corrected chi connectivity index (χ2v) is 4.46. The first-order chi connectivity index (χ1) is 8.21. The maximum atomic E-state index is 8.99. The third-order valence-electron chi connectivity index (χ3n) is 2.27. The largest absolute Gasteiger partial charge is 0.395 e. The Kier molecular flexibility index (Phi) is 6.39. The molecule has 96 valence electrons. The average Bonchev–Trinajstić information content (AvgIpc) is 2.28. The summed E-state index contributed by atoms with van der Waals surface area (Å²) in [5, 5.41) is 18.0. The Morgan fingerprint density at radius 2 is 1.88 bits per heavy atom. The molecule has 0 amide bonds. The normalized spacial score (nSPS) is 10.6. The summed E-state index contributed by atoms with van der Waals surface area (Å²) < 4.78 is 0.729. The zero-order chi connectivity index (χ0) is 12.7. The van der Waals surface area contributed by atoms with Crippen LogP contribution in [0.15, 0.2) is 10.7 Å². The topological polar surface area (TPSA) is 69.5 Å². The zero-order valence-electron chi connectivity index (χ0n) is 9.93. The summed E-state index contributed by atoms with van der Waals surface area (Å²) in [6.45, 7) is 3.05. The summed E-state index contributed by atoms with van der Waals surface area (Å²) in [6, 6.07) is 1.80. The minimum absolute atomic E-state index is 0.0325. The fourth-order valence-corrected chi connectivity index (χ4v) is 1.94. The van der Waals surface area contributed by atoms with Gasteiger partial charge < -0.3 is 15.1 Å². The van der Waals surface area contributed by atoms with Gasteiger partial charge in [0.1, 0.15) is 16.2 Å². The highest BCUT2D eigenvalue weighted by molar-refractivity contribution is 9.10. The number of aliphatic hydroxyl groups excluding tert-OH is 2. The van der Waals surface area contributed by atoms with Crippen LogP contribution in [0.4, 0.5) is 5.82 Å². The quantitative estimate of drug-likeness (QED) is 0.735. The summed E-state index contributed by atoms with van der Waals surface area (Å²) in [6.07, 6.45) is 1.80. The van der Waals surface area contributed by atoms with Crippen molar-refractivity contribution in [1.82, 2.24) is 9.97 Å². The minimum atomic E-state index is 0.0325. The van der Waals surface area contributed by atoms with Gasteiger partial charge in [0.15, 0.2) is 0 Å². The molecule has 0 aliphatic heterocycles. The van der Waals surface area contributed by atoms with Crippen molar-refractivity contribution in [1.29, 1.82) is 0 Å². The van der Waals surface area contributed by atoms with Crippen LogP contribution in [0.25, 0.3) is 0 Å². The maximum absolute atomic E-state index is 8.99. The highest BCUT2D eigenvalue weighted by Crippen LogP contribution is 2.17. The van der Waals surface area contributed by atoms with E-state index in [-0.39, 0.29) is 13.2 Å². The van der Waals surface area contributed by atoms with Crippen LogP contribution in [-0.2, 0) is 6.42 Å². The van der Waals surface area contributed by atoms with Crippen molar-refractivity contribution in [3.8, 4) is 0 Å². The van der Waals surface area contributed by atoms with E-state index >= 15 is 0 Å². The molecule has 0 unspecified atom stereocenters. The Morgan fingerprint density at radius 1 is 1.24 bits per heavy atom.